The molecule has 1 aromatic carbocycles. The van der Waals surface area contributed by atoms with Gasteiger partial charge in [0.25, 0.3) is 0 Å². The van der Waals surface area contributed by atoms with Crippen LogP contribution >= 0.6 is 11.3 Å². The smallest absolute Gasteiger partial charge is 0.346 e. The number of carbonyl (C=O) groups is 1. The topological polar surface area (TPSA) is 64.3 Å². The average Bonchev–Trinajstić information content (AvgIpc) is 2.85. The van der Waals surface area contributed by atoms with Gasteiger partial charge in [0, 0.05) is 17.8 Å². The van der Waals surface area contributed by atoms with Crippen LogP contribution < -0.4 is 0 Å². The van der Waals surface area contributed by atoms with Gasteiger partial charge in [0.1, 0.15) is 4.88 Å². The molecule has 4 nitrogen and oxygen atoms in total. The SMILES string of the molecule is CCN(Cc1c(C(=O)O)sc2ccccc12)CC(C)C#N. The highest BCUT2D eigenvalue weighted by Gasteiger charge is 2.20. The highest BCUT2D eigenvalue weighted by Crippen LogP contribution is 2.32. The van der Waals surface area contributed by atoms with Gasteiger partial charge < -0.3 is 5.11 Å². The molecular weight excluding hydrogens is 284 g/mol. The molecule has 0 radical (unpaired) electrons. The van der Waals surface area contributed by atoms with E-state index < -0.39 is 5.97 Å². The number of benzene rings is 1. The third kappa shape index (κ3) is 3.41. The predicted molar refractivity (Wildman–Crippen MR) is 84.5 cm³/mol. The maximum absolute atomic E-state index is 11.5. The highest BCUT2D eigenvalue weighted by atomic mass is 32.1. The van der Waals surface area contributed by atoms with Crippen molar-refractivity contribution in [3.8, 4) is 6.07 Å². The normalized spacial score (nSPS) is 12.5. The maximum Gasteiger partial charge on any atom is 0.346 e. The monoisotopic (exact) mass is 302 g/mol. The molecule has 0 aliphatic carbocycles. The van der Waals surface area contributed by atoms with Gasteiger partial charge in [0.2, 0.25) is 0 Å². The van der Waals surface area contributed by atoms with E-state index in [0.717, 1.165) is 22.2 Å². The first-order valence-corrected chi connectivity index (χ1v) is 7.74. The van der Waals surface area contributed by atoms with Gasteiger partial charge >= 0.3 is 5.97 Å². The second kappa shape index (κ2) is 6.70. The van der Waals surface area contributed by atoms with Crippen LogP contribution in [0.25, 0.3) is 10.1 Å². The van der Waals surface area contributed by atoms with E-state index in [2.05, 4.69) is 11.0 Å². The molecule has 5 heteroatoms. The molecule has 0 saturated carbocycles. The van der Waals surface area contributed by atoms with Crippen molar-refractivity contribution >= 4 is 27.4 Å². The van der Waals surface area contributed by atoms with Crippen LogP contribution in [0.3, 0.4) is 0 Å². The van der Waals surface area contributed by atoms with Crippen molar-refractivity contribution in [2.45, 2.75) is 20.4 Å². The summed E-state index contributed by atoms with van der Waals surface area (Å²) in [4.78, 5) is 14.0. The minimum absolute atomic E-state index is 0.0665. The summed E-state index contributed by atoms with van der Waals surface area (Å²) in [5.41, 5.74) is 0.857. The quantitative estimate of drug-likeness (QED) is 0.885. The summed E-state index contributed by atoms with van der Waals surface area (Å²) in [7, 11) is 0. The van der Waals surface area contributed by atoms with E-state index in [1.54, 1.807) is 0 Å². The van der Waals surface area contributed by atoms with Crippen molar-refractivity contribution in [3.05, 3.63) is 34.7 Å². The van der Waals surface area contributed by atoms with Crippen LogP contribution in [0.4, 0.5) is 0 Å². The Hall–Kier alpha value is -1.90. The van der Waals surface area contributed by atoms with E-state index in [9.17, 15) is 9.90 Å². The number of rotatable bonds is 6. The molecular formula is C16H18N2O2S. The third-order valence-corrected chi connectivity index (χ3v) is 4.67. The summed E-state index contributed by atoms with van der Waals surface area (Å²) in [6.45, 7) is 5.91. The lowest BCUT2D eigenvalue weighted by molar-refractivity contribution is 0.0700. The molecule has 0 aliphatic rings. The van der Waals surface area contributed by atoms with Gasteiger partial charge in [0.15, 0.2) is 0 Å². The van der Waals surface area contributed by atoms with Crippen LogP contribution in [0, 0.1) is 17.2 Å². The minimum Gasteiger partial charge on any atom is -0.477 e. The van der Waals surface area contributed by atoms with Crippen LogP contribution in [-0.4, -0.2) is 29.1 Å². The summed E-state index contributed by atoms with van der Waals surface area (Å²) in [5.74, 6) is -0.946. The van der Waals surface area contributed by atoms with E-state index in [-0.39, 0.29) is 5.92 Å². The molecule has 0 fully saturated rings. The molecule has 1 unspecified atom stereocenters. The fraction of sp³-hybridized carbons (Fsp3) is 0.375. The second-order valence-corrected chi connectivity index (χ2v) is 6.12. The number of nitrogens with zero attached hydrogens (tertiary/aromatic N) is 2. The summed E-state index contributed by atoms with van der Waals surface area (Å²) in [6.07, 6.45) is 0. The van der Waals surface area contributed by atoms with Gasteiger partial charge in [-0.15, -0.1) is 11.3 Å². The van der Waals surface area contributed by atoms with Crippen LogP contribution in [0.5, 0.6) is 0 Å². The highest BCUT2D eigenvalue weighted by molar-refractivity contribution is 7.21. The standard InChI is InChI=1S/C16H18N2O2S/c1-3-18(9-11(2)8-17)10-13-12-6-4-5-7-14(12)21-15(13)16(19)20/h4-7,11H,3,9-10H2,1-2H3,(H,19,20). The zero-order chi connectivity index (χ0) is 15.4. The number of thiophene rings is 1. The second-order valence-electron chi connectivity index (χ2n) is 5.07. The Morgan fingerprint density at radius 2 is 2.19 bits per heavy atom. The number of carboxylic acids is 1. The number of fused-ring (bicyclic) bond motifs is 1. The maximum atomic E-state index is 11.5. The van der Waals surface area contributed by atoms with Crippen molar-refractivity contribution in [2.24, 2.45) is 5.92 Å². The van der Waals surface area contributed by atoms with E-state index in [1.165, 1.54) is 11.3 Å². The van der Waals surface area contributed by atoms with Gasteiger partial charge in [0.05, 0.1) is 12.0 Å². The van der Waals surface area contributed by atoms with Crippen LogP contribution in [-0.2, 0) is 6.54 Å². The van der Waals surface area contributed by atoms with Crippen molar-refractivity contribution in [2.75, 3.05) is 13.1 Å². The van der Waals surface area contributed by atoms with Crippen molar-refractivity contribution < 1.29 is 9.90 Å². The van der Waals surface area contributed by atoms with Crippen LogP contribution in [0.1, 0.15) is 29.1 Å². The molecule has 0 amide bonds. The molecule has 0 aliphatic heterocycles. The molecule has 21 heavy (non-hydrogen) atoms. The van der Waals surface area contributed by atoms with Crippen molar-refractivity contribution in [1.29, 1.82) is 5.26 Å². The van der Waals surface area contributed by atoms with Gasteiger partial charge in [-0.1, -0.05) is 25.1 Å². The van der Waals surface area contributed by atoms with Crippen LogP contribution in [0.15, 0.2) is 24.3 Å². The number of carboxylic acid groups (broad SMARTS) is 1. The summed E-state index contributed by atoms with van der Waals surface area (Å²) >= 11 is 1.32. The largest absolute Gasteiger partial charge is 0.477 e. The first kappa shape index (κ1) is 15.5. The molecule has 0 spiro atoms. The Bertz CT molecular complexity index is 687. The van der Waals surface area contributed by atoms with Crippen molar-refractivity contribution in [3.63, 3.8) is 0 Å². The molecule has 2 aromatic rings. The lowest BCUT2D eigenvalue weighted by Gasteiger charge is -2.21. The molecule has 0 saturated heterocycles. The van der Waals surface area contributed by atoms with Gasteiger partial charge in [-0.3, -0.25) is 4.90 Å². The van der Waals surface area contributed by atoms with Crippen LogP contribution in [0.2, 0.25) is 0 Å². The fourth-order valence-corrected chi connectivity index (χ4v) is 3.44. The first-order chi connectivity index (χ1) is 10.1. The first-order valence-electron chi connectivity index (χ1n) is 6.92. The molecule has 110 valence electrons. The molecule has 1 N–H and O–H groups in total. The number of hydrogen-bond acceptors (Lipinski definition) is 4. The molecule has 0 bridgehead atoms. The Morgan fingerprint density at radius 1 is 1.48 bits per heavy atom. The van der Waals surface area contributed by atoms with E-state index in [4.69, 9.17) is 5.26 Å². The number of aromatic carboxylic acids is 1. The summed E-state index contributed by atoms with van der Waals surface area (Å²) < 4.78 is 0.995. The lowest BCUT2D eigenvalue weighted by atomic mass is 10.1. The number of hydrogen-bond donors (Lipinski definition) is 1. The zero-order valence-corrected chi connectivity index (χ0v) is 13.0. The fourth-order valence-electron chi connectivity index (χ4n) is 2.39. The van der Waals surface area contributed by atoms with E-state index in [1.807, 2.05) is 38.1 Å². The predicted octanol–water partition coefficient (Wildman–Crippen LogP) is 3.58. The van der Waals surface area contributed by atoms with Gasteiger partial charge in [-0.25, -0.2) is 4.79 Å². The number of nitriles is 1. The molecule has 1 aromatic heterocycles. The Morgan fingerprint density at radius 3 is 2.81 bits per heavy atom. The molecule has 1 atom stereocenters. The van der Waals surface area contributed by atoms with E-state index >= 15 is 0 Å². The summed E-state index contributed by atoms with van der Waals surface area (Å²) in [6, 6.07) is 9.99. The Kier molecular flexibility index (Phi) is 4.94. The average molecular weight is 302 g/mol. The van der Waals surface area contributed by atoms with E-state index in [0.29, 0.717) is 18.0 Å². The Labute approximate surface area is 128 Å². The van der Waals surface area contributed by atoms with Crippen molar-refractivity contribution in [1.82, 2.24) is 4.90 Å². The zero-order valence-electron chi connectivity index (χ0n) is 12.2. The Balaban J connectivity index is 2.37. The van der Waals surface area contributed by atoms with Gasteiger partial charge in [-0.05, 0) is 30.5 Å². The molecule has 2 rings (SSSR count). The minimum atomic E-state index is -0.879. The van der Waals surface area contributed by atoms with Gasteiger partial charge in [-0.2, -0.15) is 5.26 Å². The summed E-state index contributed by atoms with van der Waals surface area (Å²) in [5, 5.41) is 19.4. The molecule has 1 heterocycles. The lowest BCUT2D eigenvalue weighted by Crippen LogP contribution is -2.28. The third-order valence-electron chi connectivity index (χ3n) is 3.47.